The molecule has 3 N–H and O–H groups in total. The quantitative estimate of drug-likeness (QED) is 0.567. The highest BCUT2D eigenvalue weighted by atomic mass is 19.1. The Morgan fingerprint density at radius 2 is 1.97 bits per heavy atom. The summed E-state index contributed by atoms with van der Waals surface area (Å²) in [6.07, 6.45) is 3.19. The van der Waals surface area contributed by atoms with Gasteiger partial charge in [0, 0.05) is 44.3 Å². The number of nitrogens with zero attached hydrogens (tertiary/aromatic N) is 2. The Morgan fingerprint density at radius 3 is 2.68 bits per heavy atom. The van der Waals surface area contributed by atoms with E-state index in [0.29, 0.717) is 17.4 Å². The Labute approximate surface area is 180 Å². The number of likely N-dealkylation sites (tertiary alicyclic amines) is 1. The number of carbonyl (C=O) groups excluding carboxylic acids is 1. The molecule has 1 atom stereocenters. The van der Waals surface area contributed by atoms with Gasteiger partial charge in [0.15, 0.2) is 6.10 Å². The van der Waals surface area contributed by atoms with E-state index in [4.69, 9.17) is 0 Å². The van der Waals surface area contributed by atoms with E-state index in [0.717, 1.165) is 43.6 Å². The fourth-order valence-electron chi connectivity index (χ4n) is 4.43. The lowest BCUT2D eigenvalue weighted by Gasteiger charge is -2.33. The second-order valence-electron chi connectivity index (χ2n) is 8.13. The predicted octanol–water partition coefficient (Wildman–Crippen LogP) is 3.15. The summed E-state index contributed by atoms with van der Waals surface area (Å²) in [5.74, 6) is -0.609. The Balaban J connectivity index is 1.45. The van der Waals surface area contributed by atoms with Gasteiger partial charge in [-0.15, -0.1) is 0 Å². The van der Waals surface area contributed by atoms with E-state index in [1.807, 2.05) is 24.4 Å². The third kappa shape index (κ3) is 4.43. The maximum Gasteiger partial charge on any atom is 0.253 e. The minimum absolute atomic E-state index is 0.0523. The number of nitrogens with one attached hydrogen (secondary N) is 1. The zero-order valence-electron chi connectivity index (χ0n) is 17.6. The first-order valence-corrected chi connectivity index (χ1v) is 10.7. The van der Waals surface area contributed by atoms with Crippen molar-refractivity contribution in [2.45, 2.75) is 31.4 Å². The van der Waals surface area contributed by atoms with Crippen LogP contribution in [0.25, 0.3) is 10.9 Å². The van der Waals surface area contributed by atoms with Gasteiger partial charge in [-0.3, -0.25) is 4.79 Å². The topological polar surface area (TPSA) is 77.7 Å². The van der Waals surface area contributed by atoms with Crippen molar-refractivity contribution in [2.75, 3.05) is 26.7 Å². The summed E-state index contributed by atoms with van der Waals surface area (Å²) in [7, 11) is 1.46. The molecule has 1 aliphatic heterocycles. The van der Waals surface area contributed by atoms with Gasteiger partial charge in [-0.05, 0) is 54.7 Å². The van der Waals surface area contributed by atoms with Crippen LogP contribution in [0.3, 0.4) is 0 Å². The molecular weight excluding hydrogens is 397 g/mol. The number of aromatic nitrogens is 1. The zero-order valence-corrected chi connectivity index (χ0v) is 17.6. The number of aliphatic hydroxyl groups excluding tert-OH is 1. The number of amides is 1. The number of phenolic OH excluding ortho intramolecular Hbond substituents is 1. The summed E-state index contributed by atoms with van der Waals surface area (Å²) in [5.41, 5.74) is 1.92. The summed E-state index contributed by atoms with van der Waals surface area (Å²) < 4.78 is 16.0. The van der Waals surface area contributed by atoms with Crippen molar-refractivity contribution >= 4 is 16.8 Å². The molecule has 1 saturated heterocycles. The summed E-state index contributed by atoms with van der Waals surface area (Å²) >= 11 is 0. The predicted molar refractivity (Wildman–Crippen MR) is 117 cm³/mol. The number of aliphatic hydroxyl groups is 1. The molecule has 1 fully saturated rings. The van der Waals surface area contributed by atoms with Crippen LogP contribution in [0.2, 0.25) is 0 Å². The molecule has 1 aromatic heterocycles. The molecule has 0 spiro atoms. The highest BCUT2D eigenvalue weighted by molar-refractivity contribution is 5.89. The Hall–Kier alpha value is -2.90. The van der Waals surface area contributed by atoms with Gasteiger partial charge in [0.05, 0.1) is 5.52 Å². The van der Waals surface area contributed by atoms with E-state index in [2.05, 4.69) is 14.8 Å². The molecule has 164 valence electrons. The highest BCUT2D eigenvalue weighted by Crippen LogP contribution is 2.34. The number of hydrogen-bond donors (Lipinski definition) is 3. The van der Waals surface area contributed by atoms with Crippen LogP contribution in [0, 0.1) is 5.82 Å². The van der Waals surface area contributed by atoms with Crippen LogP contribution in [0.4, 0.5) is 4.39 Å². The van der Waals surface area contributed by atoms with Crippen LogP contribution in [-0.2, 0) is 11.2 Å². The number of likely N-dealkylation sites (N-methyl/N-ethyl adjacent to an activating group) is 1. The van der Waals surface area contributed by atoms with Crippen LogP contribution in [0.5, 0.6) is 5.75 Å². The molecule has 6 nitrogen and oxygen atoms in total. The number of benzene rings is 2. The molecule has 0 saturated carbocycles. The number of hydrogen-bond acceptors (Lipinski definition) is 4. The van der Waals surface area contributed by atoms with Gasteiger partial charge in [-0.2, -0.15) is 0 Å². The van der Waals surface area contributed by atoms with Crippen molar-refractivity contribution in [3.8, 4) is 5.75 Å². The summed E-state index contributed by atoms with van der Waals surface area (Å²) in [5, 5.41) is 23.8. The SMILES string of the molecule is CNC(=O)C(O)c1cc(O)c2ccn(C3CCN(CCc4ccccc4F)CC3)c2c1. The molecule has 0 bridgehead atoms. The van der Waals surface area contributed by atoms with E-state index in [-0.39, 0.29) is 17.6 Å². The Kier molecular flexibility index (Phi) is 6.25. The highest BCUT2D eigenvalue weighted by Gasteiger charge is 2.24. The lowest BCUT2D eigenvalue weighted by molar-refractivity contribution is -0.129. The summed E-state index contributed by atoms with van der Waals surface area (Å²) in [6.45, 7) is 2.64. The van der Waals surface area contributed by atoms with Crippen LogP contribution in [0.15, 0.2) is 48.7 Å². The van der Waals surface area contributed by atoms with E-state index in [9.17, 15) is 19.4 Å². The van der Waals surface area contributed by atoms with Gasteiger partial charge in [-0.1, -0.05) is 18.2 Å². The molecule has 1 amide bonds. The Bertz CT molecular complexity index is 1070. The number of phenols is 1. The molecule has 2 heterocycles. The smallest absolute Gasteiger partial charge is 0.253 e. The van der Waals surface area contributed by atoms with Crippen molar-refractivity contribution < 1.29 is 19.4 Å². The maximum absolute atomic E-state index is 13.8. The number of aromatic hydroxyl groups is 1. The summed E-state index contributed by atoms with van der Waals surface area (Å²) in [6, 6.07) is 12.3. The van der Waals surface area contributed by atoms with Crippen LogP contribution in [-0.4, -0.2) is 52.3 Å². The Morgan fingerprint density at radius 1 is 1.23 bits per heavy atom. The third-order valence-electron chi connectivity index (χ3n) is 6.25. The minimum atomic E-state index is -1.33. The van der Waals surface area contributed by atoms with Crippen molar-refractivity contribution in [1.29, 1.82) is 0 Å². The number of halogens is 1. The van der Waals surface area contributed by atoms with Crippen molar-refractivity contribution in [3.05, 3.63) is 65.6 Å². The van der Waals surface area contributed by atoms with Gasteiger partial charge in [0.2, 0.25) is 0 Å². The second-order valence-corrected chi connectivity index (χ2v) is 8.13. The van der Waals surface area contributed by atoms with Gasteiger partial charge >= 0.3 is 0 Å². The minimum Gasteiger partial charge on any atom is -0.507 e. The van der Waals surface area contributed by atoms with E-state index >= 15 is 0 Å². The molecule has 2 aromatic carbocycles. The van der Waals surface area contributed by atoms with E-state index in [1.54, 1.807) is 12.1 Å². The van der Waals surface area contributed by atoms with E-state index in [1.165, 1.54) is 19.2 Å². The molecular formula is C24H28FN3O3. The number of rotatable bonds is 6. The molecule has 31 heavy (non-hydrogen) atoms. The first kappa shape index (κ1) is 21.3. The van der Waals surface area contributed by atoms with Crippen LogP contribution in [0.1, 0.15) is 36.1 Å². The lowest BCUT2D eigenvalue weighted by atomic mass is 10.0. The molecule has 0 radical (unpaired) electrons. The van der Waals surface area contributed by atoms with Crippen molar-refractivity contribution in [3.63, 3.8) is 0 Å². The fraction of sp³-hybridized carbons (Fsp3) is 0.375. The first-order chi connectivity index (χ1) is 15.0. The molecule has 7 heteroatoms. The fourth-order valence-corrected chi connectivity index (χ4v) is 4.43. The second kappa shape index (κ2) is 9.08. The van der Waals surface area contributed by atoms with Gasteiger partial charge < -0.3 is 25.0 Å². The van der Waals surface area contributed by atoms with Crippen molar-refractivity contribution in [2.24, 2.45) is 0 Å². The van der Waals surface area contributed by atoms with Crippen LogP contribution >= 0.6 is 0 Å². The normalized spacial score (nSPS) is 16.5. The number of carbonyl (C=O) groups is 1. The number of fused-ring (bicyclic) bond motifs is 1. The zero-order chi connectivity index (χ0) is 22.0. The average molecular weight is 426 g/mol. The number of piperidine rings is 1. The van der Waals surface area contributed by atoms with Gasteiger partial charge in [0.25, 0.3) is 5.91 Å². The van der Waals surface area contributed by atoms with Gasteiger partial charge in [0.1, 0.15) is 11.6 Å². The molecule has 4 rings (SSSR count). The third-order valence-corrected chi connectivity index (χ3v) is 6.25. The average Bonchev–Trinajstić information content (AvgIpc) is 3.22. The first-order valence-electron chi connectivity index (χ1n) is 10.7. The molecule has 1 aliphatic rings. The van der Waals surface area contributed by atoms with Crippen LogP contribution < -0.4 is 5.32 Å². The van der Waals surface area contributed by atoms with Crippen molar-refractivity contribution in [1.82, 2.24) is 14.8 Å². The largest absolute Gasteiger partial charge is 0.507 e. The van der Waals surface area contributed by atoms with E-state index < -0.39 is 12.0 Å². The molecule has 0 aliphatic carbocycles. The standard InChI is InChI=1S/C24H28FN3O3/c1-26-24(31)23(30)17-14-21-19(22(29)15-17)9-13-28(21)18-7-11-27(12-8-18)10-6-16-4-2-3-5-20(16)25/h2-5,9,13-15,18,23,29-30H,6-8,10-12H2,1H3,(H,26,31). The van der Waals surface area contributed by atoms with Gasteiger partial charge in [-0.25, -0.2) is 4.39 Å². The maximum atomic E-state index is 13.8. The monoisotopic (exact) mass is 425 g/mol. The summed E-state index contributed by atoms with van der Waals surface area (Å²) in [4.78, 5) is 14.2. The molecule has 1 unspecified atom stereocenters. The lowest BCUT2D eigenvalue weighted by Crippen LogP contribution is -2.36. The molecule has 3 aromatic rings.